The van der Waals surface area contributed by atoms with Gasteiger partial charge in [-0.3, -0.25) is 4.90 Å². The maximum atomic E-state index is 6.11. The number of hydrogen-bond donors (Lipinski definition) is 1. The Morgan fingerprint density at radius 1 is 1.24 bits per heavy atom. The van der Waals surface area contributed by atoms with Gasteiger partial charge in [-0.2, -0.15) is 0 Å². The van der Waals surface area contributed by atoms with Gasteiger partial charge in [0.05, 0.1) is 0 Å². The average molecular weight is 241 g/mol. The first-order valence-electron chi connectivity index (χ1n) is 7.10. The van der Waals surface area contributed by atoms with Crippen LogP contribution in [0.25, 0.3) is 0 Å². The summed E-state index contributed by atoms with van der Waals surface area (Å²) in [6.45, 7) is 5.38. The quantitative estimate of drug-likeness (QED) is 0.769. The third-order valence-corrected chi connectivity index (χ3v) is 4.57. The number of likely N-dealkylation sites (N-methyl/N-ethyl adjacent to an activating group) is 2. The van der Waals surface area contributed by atoms with E-state index in [1.807, 2.05) is 0 Å². The predicted molar refractivity (Wildman–Crippen MR) is 75.2 cm³/mol. The molecule has 0 aromatic rings. The molecule has 0 aromatic heterocycles. The van der Waals surface area contributed by atoms with Crippen molar-refractivity contribution in [1.82, 2.24) is 9.80 Å². The van der Waals surface area contributed by atoms with Crippen molar-refractivity contribution < 1.29 is 0 Å². The Morgan fingerprint density at radius 3 is 2.47 bits per heavy atom. The summed E-state index contributed by atoms with van der Waals surface area (Å²) < 4.78 is 0. The highest BCUT2D eigenvalue weighted by molar-refractivity contribution is 4.95. The molecule has 17 heavy (non-hydrogen) atoms. The molecule has 0 aliphatic heterocycles. The van der Waals surface area contributed by atoms with Crippen LogP contribution in [0.15, 0.2) is 0 Å². The van der Waals surface area contributed by atoms with E-state index in [2.05, 4.69) is 37.9 Å². The minimum atomic E-state index is 0.273. The molecule has 0 aromatic carbocycles. The van der Waals surface area contributed by atoms with Crippen LogP contribution < -0.4 is 5.73 Å². The summed E-state index contributed by atoms with van der Waals surface area (Å²) in [4.78, 5) is 4.77. The largest absolute Gasteiger partial charge is 0.329 e. The lowest BCUT2D eigenvalue weighted by Crippen LogP contribution is -2.56. The summed E-state index contributed by atoms with van der Waals surface area (Å²) >= 11 is 0. The SMILES string of the molecule is CCC1CCCC(CN)(N(C)CCN(C)C)C1. The first-order chi connectivity index (χ1) is 8.04. The predicted octanol–water partition coefficient (Wildman–Crippen LogP) is 1.78. The Balaban J connectivity index is 2.59. The lowest BCUT2D eigenvalue weighted by Gasteiger charge is -2.47. The molecule has 2 N–H and O–H groups in total. The van der Waals surface area contributed by atoms with Gasteiger partial charge in [-0.05, 0) is 39.9 Å². The summed E-state index contributed by atoms with van der Waals surface area (Å²) in [7, 11) is 6.53. The number of hydrogen-bond acceptors (Lipinski definition) is 3. The summed E-state index contributed by atoms with van der Waals surface area (Å²) in [6, 6.07) is 0. The van der Waals surface area contributed by atoms with Crippen LogP contribution in [-0.2, 0) is 0 Å². The zero-order valence-corrected chi connectivity index (χ0v) is 12.2. The van der Waals surface area contributed by atoms with E-state index in [9.17, 15) is 0 Å². The highest BCUT2D eigenvalue weighted by Crippen LogP contribution is 2.37. The molecular weight excluding hydrogens is 210 g/mol. The molecule has 1 aliphatic rings. The van der Waals surface area contributed by atoms with Gasteiger partial charge in [0.2, 0.25) is 0 Å². The Hall–Kier alpha value is -0.120. The van der Waals surface area contributed by atoms with Crippen LogP contribution in [0.5, 0.6) is 0 Å². The van der Waals surface area contributed by atoms with E-state index in [4.69, 9.17) is 5.73 Å². The van der Waals surface area contributed by atoms with Gasteiger partial charge in [0.1, 0.15) is 0 Å². The highest BCUT2D eigenvalue weighted by atomic mass is 15.2. The molecule has 102 valence electrons. The lowest BCUT2D eigenvalue weighted by atomic mass is 9.74. The number of rotatable bonds is 6. The molecule has 0 spiro atoms. The topological polar surface area (TPSA) is 32.5 Å². The van der Waals surface area contributed by atoms with Crippen molar-refractivity contribution in [3.05, 3.63) is 0 Å². The number of nitrogens with zero attached hydrogens (tertiary/aromatic N) is 2. The lowest BCUT2D eigenvalue weighted by molar-refractivity contribution is 0.0519. The molecule has 0 radical (unpaired) electrons. The molecule has 0 saturated heterocycles. The third-order valence-electron chi connectivity index (χ3n) is 4.57. The van der Waals surface area contributed by atoms with Gasteiger partial charge in [0.25, 0.3) is 0 Å². The molecule has 1 saturated carbocycles. The van der Waals surface area contributed by atoms with Gasteiger partial charge >= 0.3 is 0 Å². The summed E-state index contributed by atoms with van der Waals surface area (Å²) in [5, 5.41) is 0. The summed E-state index contributed by atoms with van der Waals surface area (Å²) in [5.74, 6) is 0.883. The molecule has 0 heterocycles. The van der Waals surface area contributed by atoms with Crippen molar-refractivity contribution in [3.8, 4) is 0 Å². The molecule has 3 nitrogen and oxygen atoms in total. The Bertz CT molecular complexity index is 218. The van der Waals surface area contributed by atoms with Gasteiger partial charge in [-0.1, -0.05) is 26.2 Å². The first-order valence-corrected chi connectivity index (χ1v) is 7.10. The molecule has 0 amide bonds. The molecule has 1 fully saturated rings. The Morgan fingerprint density at radius 2 is 1.94 bits per heavy atom. The van der Waals surface area contributed by atoms with E-state index < -0.39 is 0 Å². The van der Waals surface area contributed by atoms with Gasteiger partial charge in [-0.15, -0.1) is 0 Å². The van der Waals surface area contributed by atoms with Gasteiger partial charge in [0, 0.05) is 25.2 Å². The minimum Gasteiger partial charge on any atom is -0.329 e. The standard InChI is InChI=1S/C14H31N3/c1-5-13-7-6-8-14(11-13,12-15)17(4)10-9-16(2)3/h13H,5-12,15H2,1-4H3. The monoisotopic (exact) mass is 241 g/mol. The van der Waals surface area contributed by atoms with Gasteiger partial charge < -0.3 is 10.6 Å². The molecular formula is C14H31N3. The van der Waals surface area contributed by atoms with E-state index in [-0.39, 0.29) is 5.54 Å². The van der Waals surface area contributed by atoms with Crippen LogP contribution >= 0.6 is 0 Å². The smallest absolute Gasteiger partial charge is 0.0331 e. The maximum absolute atomic E-state index is 6.11. The summed E-state index contributed by atoms with van der Waals surface area (Å²) in [5.41, 5.74) is 6.38. The van der Waals surface area contributed by atoms with Crippen LogP contribution in [0, 0.1) is 5.92 Å². The van der Waals surface area contributed by atoms with E-state index in [1.165, 1.54) is 32.1 Å². The number of nitrogens with two attached hydrogens (primary N) is 1. The maximum Gasteiger partial charge on any atom is 0.0331 e. The molecule has 3 heteroatoms. The van der Waals surface area contributed by atoms with Crippen LogP contribution in [0.4, 0.5) is 0 Å². The average Bonchev–Trinajstić information content (AvgIpc) is 2.35. The van der Waals surface area contributed by atoms with Gasteiger partial charge in [-0.25, -0.2) is 0 Å². The second kappa shape index (κ2) is 6.72. The second-order valence-electron chi connectivity index (χ2n) is 6.02. The first kappa shape index (κ1) is 14.9. The van der Waals surface area contributed by atoms with Crippen LogP contribution in [0.2, 0.25) is 0 Å². The van der Waals surface area contributed by atoms with Crippen LogP contribution in [0.3, 0.4) is 0 Å². The molecule has 2 atom stereocenters. The van der Waals surface area contributed by atoms with E-state index in [1.54, 1.807) is 0 Å². The Kier molecular flexibility index (Phi) is 5.90. The fraction of sp³-hybridized carbons (Fsp3) is 1.00. The molecule has 1 rings (SSSR count). The zero-order valence-electron chi connectivity index (χ0n) is 12.2. The molecule has 2 unspecified atom stereocenters. The fourth-order valence-electron chi connectivity index (χ4n) is 3.08. The van der Waals surface area contributed by atoms with Crippen molar-refractivity contribution in [2.75, 3.05) is 40.8 Å². The Labute approximate surface area is 107 Å². The fourth-order valence-corrected chi connectivity index (χ4v) is 3.08. The van der Waals surface area contributed by atoms with Crippen molar-refractivity contribution >= 4 is 0 Å². The van der Waals surface area contributed by atoms with Crippen LogP contribution in [0.1, 0.15) is 39.0 Å². The molecule has 0 bridgehead atoms. The van der Waals surface area contributed by atoms with E-state index in [0.717, 1.165) is 25.6 Å². The van der Waals surface area contributed by atoms with E-state index >= 15 is 0 Å². The van der Waals surface area contributed by atoms with Crippen molar-refractivity contribution in [3.63, 3.8) is 0 Å². The van der Waals surface area contributed by atoms with E-state index in [0.29, 0.717) is 0 Å². The third kappa shape index (κ3) is 3.94. The van der Waals surface area contributed by atoms with Crippen LogP contribution in [-0.4, -0.2) is 56.1 Å². The highest BCUT2D eigenvalue weighted by Gasteiger charge is 2.37. The zero-order chi connectivity index (χ0) is 12.9. The van der Waals surface area contributed by atoms with Gasteiger partial charge in [0.15, 0.2) is 0 Å². The normalized spacial score (nSPS) is 30.2. The molecule has 1 aliphatic carbocycles. The second-order valence-corrected chi connectivity index (χ2v) is 6.02. The van der Waals surface area contributed by atoms with Crippen molar-refractivity contribution in [1.29, 1.82) is 0 Å². The minimum absolute atomic E-state index is 0.273. The van der Waals surface area contributed by atoms with Crippen molar-refractivity contribution in [2.45, 2.75) is 44.6 Å². The van der Waals surface area contributed by atoms with Crippen molar-refractivity contribution in [2.24, 2.45) is 11.7 Å². The summed E-state index contributed by atoms with van der Waals surface area (Å²) in [6.07, 6.45) is 6.64.